The van der Waals surface area contributed by atoms with Crippen LogP contribution in [-0.2, 0) is 137 Å². The van der Waals surface area contributed by atoms with Crippen molar-refractivity contribution in [2.45, 2.75) is 126 Å². The van der Waals surface area contributed by atoms with E-state index in [0.29, 0.717) is 253 Å². The van der Waals surface area contributed by atoms with Crippen molar-refractivity contribution >= 4 is 80.1 Å². The monoisotopic (exact) mass is 1990 g/mol. The maximum atomic E-state index is 14.1. The van der Waals surface area contributed by atoms with Crippen molar-refractivity contribution in [2.75, 3.05) is 270 Å². The highest BCUT2D eigenvalue weighted by Gasteiger charge is 2.52. The first-order valence-corrected chi connectivity index (χ1v) is 48.9. The number of nitrogens with two attached hydrogens (primary N) is 4. The van der Waals surface area contributed by atoms with E-state index in [1.54, 1.807) is 71.0 Å². The predicted molar refractivity (Wildman–Crippen MR) is 510 cm³/mol. The molecular weight excluding hydrogens is 1850 g/mol. The second kappa shape index (κ2) is 71.6. The molecule has 13 N–H and O–H groups in total. The number of ether oxygens (including phenoxy) is 18. The number of imidazole rings is 1. The van der Waals surface area contributed by atoms with Crippen molar-refractivity contribution in [1.29, 1.82) is 0 Å². The van der Waals surface area contributed by atoms with E-state index in [0.717, 1.165) is 4.31 Å². The first-order chi connectivity index (χ1) is 66.7. The third kappa shape index (κ3) is 51.0. The van der Waals surface area contributed by atoms with Gasteiger partial charge < -0.3 is 135 Å². The summed E-state index contributed by atoms with van der Waals surface area (Å²) in [6.07, 6.45) is 7.61. The number of aromatic nitrogens is 4. The fraction of sp³-hybridized carbons (Fsp3) is 0.670. The number of carbonyl (C=O) groups excluding carboxylic acids is 7. The smallest absolute Gasteiger partial charge is 0.335 e. The number of nitro benzene ring substituents is 1. The highest BCUT2D eigenvalue weighted by molar-refractivity contribution is 8.02. The third-order valence-electron chi connectivity index (χ3n) is 19.6. The van der Waals surface area contributed by atoms with Gasteiger partial charge in [-0.15, -0.1) is 11.8 Å². The topological polar surface area (TPSA) is 583 Å². The van der Waals surface area contributed by atoms with Crippen LogP contribution in [0, 0.1) is 15.5 Å². The van der Waals surface area contributed by atoms with Gasteiger partial charge in [-0.2, -0.15) is 4.31 Å². The van der Waals surface area contributed by atoms with E-state index >= 15 is 0 Å². The zero-order valence-electron chi connectivity index (χ0n) is 80.4. The van der Waals surface area contributed by atoms with E-state index in [9.17, 15) is 56.9 Å². The number of non-ortho nitro benzene ring substituents is 1. The number of nitrogens with one attached hydrogen (secondary N) is 5. The second-order valence-electron chi connectivity index (χ2n) is 32.6. The molecule has 0 saturated carbocycles. The van der Waals surface area contributed by atoms with E-state index in [1.807, 2.05) is 0 Å². The highest BCUT2D eigenvalue weighted by Crippen LogP contribution is 2.42. The van der Waals surface area contributed by atoms with Crippen LogP contribution in [0.1, 0.15) is 91.5 Å². The molecule has 0 bridgehead atoms. The Balaban J connectivity index is 0.000000513. The van der Waals surface area contributed by atoms with Crippen LogP contribution in [0.2, 0.25) is 0 Å². The summed E-state index contributed by atoms with van der Waals surface area (Å²) in [7, 11) is -4.13. The average molecular weight is 2000 g/mol. The molecule has 6 rings (SSSR count). The van der Waals surface area contributed by atoms with Gasteiger partial charge in [0.25, 0.3) is 5.69 Å². The van der Waals surface area contributed by atoms with Crippen molar-refractivity contribution in [3.63, 3.8) is 0 Å². The van der Waals surface area contributed by atoms with Crippen LogP contribution in [0.15, 0.2) is 101 Å². The normalized spacial score (nSPS) is 13.5. The van der Waals surface area contributed by atoms with Crippen molar-refractivity contribution in [1.82, 2.24) is 50.0 Å². The van der Waals surface area contributed by atoms with Crippen molar-refractivity contribution < 1.29 is 132 Å². The van der Waals surface area contributed by atoms with Gasteiger partial charge in [0.2, 0.25) is 39.6 Å². The summed E-state index contributed by atoms with van der Waals surface area (Å²) in [5.74, 6) is -2.54. The molecule has 47 heteroatoms. The van der Waals surface area contributed by atoms with E-state index < -0.39 is 72.9 Å². The molecule has 0 radical (unpaired) electrons. The summed E-state index contributed by atoms with van der Waals surface area (Å²) < 4.78 is 132. The summed E-state index contributed by atoms with van der Waals surface area (Å²) in [4.78, 5) is 122. The lowest BCUT2D eigenvalue weighted by Crippen LogP contribution is -2.57. The average Bonchev–Trinajstić information content (AvgIpc) is 1.63. The summed E-state index contributed by atoms with van der Waals surface area (Å²) in [6, 6.07) is 15.2. The molecule has 5 amide bonds. The quantitative estimate of drug-likeness (QED) is 0.00879. The molecular formula is C91H147N15O30S2. The number of fused-ring (bicyclic) bond motifs is 1. The third-order valence-corrected chi connectivity index (χ3v) is 22.9. The standard InChI is InChI=1S/C53H108N8O20.C38H39N7O10S2/c54-9-25-74-33-29-70-21-5-49(62)58-13-1-17-66-37-41-78-45-53(46-79-42-38-67-18-2-14-59-50(63)6-22-71-30-34-75-26-10-55,47-80-43-39-68-19-3-15-60-51(64)7-23-72-31-35-76-27-11-56)48-81-44-40-69-20-4-16-61-52(65)8-24-73-32-36-77-28-12-57;1-37(2,3)55-35(48)29(41-34(47)32-38(4,5)56-23-43(32)57(52,53)28-8-6-18-39-21-28)20-24-10-12-25(13-11-24)44-33-30(9-7-19-40-33)42(36(44)49)22-31(46)54-27-16-14-26(15-17-27)45(50)51/h1-48,54-57H2,(H,58,62)(H,59,63)(H,60,64)(H,61,65);6-19,21,29,32H,20,22-23H2,1-5H3,(H,41,47)/t;29-,32?/m.0/s1. The number of hydrogen-bond donors (Lipinski definition) is 9. The molecule has 4 heterocycles. The molecule has 1 aliphatic heterocycles. The largest absolute Gasteiger partial charge is 0.458 e. The molecule has 2 aromatic carbocycles. The molecule has 1 saturated heterocycles. The minimum absolute atomic E-state index is 0.00643. The fourth-order valence-electron chi connectivity index (χ4n) is 12.8. The Labute approximate surface area is 811 Å². The van der Waals surface area contributed by atoms with E-state index in [1.165, 1.54) is 75.9 Å². The van der Waals surface area contributed by atoms with Gasteiger partial charge in [-0.05, 0) is 114 Å². The summed E-state index contributed by atoms with van der Waals surface area (Å²) >= 11 is 1.29. The number of amides is 5. The number of thioether (sulfide) groups is 1. The molecule has 0 aliphatic carbocycles. The van der Waals surface area contributed by atoms with Crippen LogP contribution in [0.4, 0.5) is 5.69 Å². The maximum absolute atomic E-state index is 14.1. The van der Waals surface area contributed by atoms with Gasteiger partial charge in [0.15, 0.2) is 5.65 Å². The molecule has 778 valence electrons. The molecule has 0 spiro atoms. The number of hydrogen-bond acceptors (Lipinski definition) is 37. The Hall–Kier alpha value is -8.84. The van der Waals surface area contributed by atoms with Crippen LogP contribution in [0.25, 0.3) is 16.9 Å². The fourth-order valence-corrected chi connectivity index (χ4v) is 15.9. The zero-order chi connectivity index (χ0) is 100. The van der Waals surface area contributed by atoms with Crippen LogP contribution in [-0.4, -0.2) is 370 Å². The van der Waals surface area contributed by atoms with E-state index in [2.05, 4.69) is 36.6 Å². The number of carbonyl (C=O) groups is 7. The van der Waals surface area contributed by atoms with Crippen LogP contribution in [0.3, 0.4) is 0 Å². The van der Waals surface area contributed by atoms with E-state index in [-0.39, 0.29) is 136 Å². The zero-order valence-corrected chi connectivity index (χ0v) is 82.1. The van der Waals surface area contributed by atoms with Crippen LogP contribution >= 0.6 is 11.8 Å². The lowest BCUT2D eigenvalue weighted by molar-refractivity contribution is -0.384. The number of esters is 2. The number of nitro groups is 1. The lowest BCUT2D eigenvalue weighted by Gasteiger charge is -2.33. The van der Waals surface area contributed by atoms with Crippen molar-refractivity contribution in [3.8, 4) is 11.4 Å². The lowest BCUT2D eigenvalue weighted by atomic mass is 9.92. The maximum Gasteiger partial charge on any atom is 0.335 e. The van der Waals surface area contributed by atoms with E-state index in [4.69, 9.17) is 108 Å². The first kappa shape index (κ1) is 120. The molecule has 1 fully saturated rings. The molecule has 3 aromatic heterocycles. The molecule has 5 aromatic rings. The van der Waals surface area contributed by atoms with Gasteiger partial charge >= 0.3 is 17.6 Å². The van der Waals surface area contributed by atoms with Gasteiger partial charge in [-0.3, -0.25) is 43.6 Å². The van der Waals surface area contributed by atoms with Gasteiger partial charge in [-0.25, -0.2) is 32.4 Å². The first-order valence-electron chi connectivity index (χ1n) is 46.5. The molecule has 2 atom stereocenters. The molecule has 138 heavy (non-hydrogen) atoms. The second-order valence-corrected chi connectivity index (χ2v) is 36.1. The minimum atomic E-state index is -4.13. The number of nitrogens with zero attached hydrogens (tertiary/aromatic N) is 6. The Morgan fingerprint density at radius 2 is 0.899 bits per heavy atom. The molecule has 1 unspecified atom stereocenters. The number of pyridine rings is 2. The highest BCUT2D eigenvalue weighted by atomic mass is 32.2. The molecule has 45 nitrogen and oxygen atoms in total. The van der Waals surface area contributed by atoms with Crippen LogP contribution in [0.5, 0.6) is 5.75 Å². The predicted octanol–water partition coefficient (Wildman–Crippen LogP) is 1.67. The Morgan fingerprint density at radius 3 is 1.28 bits per heavy atom. The molecule has 1 aliphatic rings. The van der Waals surface area contributed by atoms with Crippen molar-refractivity contribution in [2.24, 2.45) is 28.3 Å². The van der Waals surface area contributed by atoms with Gasteiger partial charge in [-0.1, -0.05) is 12.1 Å². The van der Waals surface area contributed by atoms with Gasteiger partial charge in [0, 0.05) is 146 Å². The van der Waals surface area contributed by atoms with Crippen molar-refractivity contribution in [3.05, 3.63) is 118 Å². The number of benzene rings is 2. The summed E-state index contributed by atoms with van der Waals surface area (Å²) in [5, 5.41) is 25.2. The summed E-state index contributed by atoms with van der Waals surface area (Å²) in [6.45, 7) is 23.2. The minimum Gasteiger partial charge on any atom is -0.458 e. The Morgan fingerprint density at radius 1 is 0.514 bits per heavy atom. The number of rotatable bonds is 80. The number of sulfonamides is 1. The summed E-state index contributed by atoms with van der Waals surface area (Å²) in [5.41, 5.74) is 20.7. The Bertz CT molecular complexity index is 4200. The van der Waals surface area contributed by atoms with Crippen LogP contribution < -0.4 is 59.9 Å². The van der Waals surface area contributed by atoms with Gasteiger partial charge in [0.05, 0.1) is 212 Å². The SMILES string of the molecule is CC(C)(C)OC(=O)[C@H](Cc1ccc(-n2c(=O)n(CC(=O)Oc3ccc([N+](=O)[O-])cc3)c3cccnc32)cc1)NC(=O)C1N(S(=O)(=O)c2cccnc2)CSC1(C)C.NCCOCCOCCC(=O)NCCCOCCOCC(COCCOCCCNC(=O)CCOCCOCCN)(COCCOCCCNC(=O)CCOCCOCCN)COCCOCCCNC(=O)CCOCCOCCN. The Kier molecular flexibility index (Phi) is 62.1. The van der Waals surface area contributed by atoms with Gasteiger partial charge in [0.1, 0.15) is 34.9 Å².